The molecule has 8 heteroatoms. The highest BCUT2D eigenvalue weighted by Crippen LogP contribution is 2.29. The number of aromatic hydroxyl groups is 1. The van der Waals surface area contributed by atoms with Crippen LogP contribution in [0.3, 0.4) is 0 Å². The second-order valence-electron chi connectivity index (χ2n) is 3.42. The standard InChI is InChI=1S/C10H8N4O4/c11-8(15)7-10(16)13-9(12-7)5-3-1-2-4-6(5)14(17)18/h1-4,16H,(H2,11,15)(H,12,13). The number of hydrogen-bond donors (Lipinski definition) is 3. The summed E-state index contributed by atoms with van der Waals surface area (Å²) in [6.45, 7) is 0. The number of H-pyrrole nitrogens is 1. The summed E-state index contributed by atoms with van der Waals surface area (Å²) in [5.74, 6) is -1.48. The Balaban J connectivity index is 2.59. The molecule has 92 valence electrons. The number of amides is 1. The van der Waals surface area contributed by atoms with E-state index in [9.17, 15) is 20.0 Å². The van der Waals surface area contributed by atoms with Crippen LogP contribution in [0, 0.1) is 10.1 Å². The van der Waals surface area contributed by atoms with Gasteiger partial charge in [-0.25, -0.2) is 0 Å². The highest BCUT2D eigenvalue weighted by Gasteiger charge is 2.20. The van der Waals surface area contributed by atoms with E-state index >= 15 is 0 Å². The molecule has 0 aliphatic rings. The smallest absolute Gasteiger partial charge is 0.280 e. The number of para-hydroxylation sites is 1. The van der Waals surface area contributed by atoms with Crippen molar-refractivity contribution in [2.45, 2.75) is 0 Å². The zero-order valence-corrected chi connectivity index (χ0v) is 8.95. The minimum atomic E-state index is -0.898. The number of primary amides is 1. The number of aromatic nitrogens is 2. The number of nitrogens with zero attached hydrogens (tertiary/aromatic N) is 2. The van der Waals surface area contributed by atoms with Crippen LogP contribution in [0.25, 0.3) is 11.4 Å². The van der Waals surface area contributed by atoms with Crippen molar-refractivity contribution in [1.82, 2.24) is 9.97 Å². The maximum Gasteiger partial charge on any atom is 0.280 e. The molecule has 1 heterocycles. The normalized spacial score (nSPS) is 10.2. The fourth-order valence-electron chi connectivity index (χ4n) is 1.50. The van der Waals surface area contributed by atoms with Crippen LogP contribution in [0.1, 0.15) is 10.5 Å². The number of nitro benzene ring substituents is 1. The predicted octanol–water partition coefficient (Wildman–Crippen LogP) is 0.789. The van der Waals surface area contributed by atoms with E-state index in [2.05, 4.69) is 9.97 Å². The van der Waals surface area contributed by atoms with Gasteiger partial charge in [0.15, 0.2) is 5.69 Å². The first-order valence-electron chi connectivity index (χ1n) is 4.83. The maximum absolute atomic E-state index is 10.9. The molecule has 4 N–H and O–H groups in total. The molecule has 8 nitrogen and oxygen atoms in total. The molecule has 2 aromatic rings. The Kier molecular flexibility index (Phi) is 2.68. The number of rotatable bonds is 3. The number of carbonyl (C=O) groups excluding carboxylic acids is 1. The molecule has 0 bridgehead atoms. The summed E-state index contributed by atoms with van der Waals surface area (Å²) in [4.78, 5) is 27.3. The topological polar surface area (TPSA) is 135 Å². The Labute approximate surface area is 100 Å². The largest absolute Gasteiger partial charge is 0.492 e. The van der Waals surface area contributed by atoms with Gasteiger partial charge in [-0.15, -0.1) is 0 Å². The minimum Gasteiger partial charge on any atom is -0.492 e. The highest BCUT2D eigenvalue weighted by atomic mass is 16.6. The van der Waals surface area contributed by atoms with Crippen molar-refractivity contribution in [3.8, 4) is 17.3 Å². The predicted molar refractivity (Wildman–Crippen MR) is 60.9 cm³/mol. The van der Waals surface area contributed by atoms with Crippen LogP contribution < -0.4 is 5.73 Å². The van der Waals surface area contributed by atoms with Crippen molar-refractivity contribution in [1.29, 1.82) is 0 Å². The molecule has 0 radical (unpaired) electrons. The van der Waals surface area contributed by atoms with E-state index < -0.39 is 16.7 Å². The van der Waals surface area contributed by atoms with Gasteiger partial charge < -0.3 is 15.8 Å². The monoisotopic (exact) mass is 248 g/mol. The van der Waals surface area contributed by atoms with Crippen molar-refractivity contribution in [2.75, 3.05) is 0 Å². The van der Waals surface area contributed by atoms with Crippen LogP contribution in [-0.2, 0) is 0 Å². The molecule has 0 saturated carbocycles. The first-order valence-corrected chi connectivity index (χ1v) is 4.83. The van der Waals surface area contributed by atoms with Gasteiger partial charge in [-0.2, -0.15) is 4.98 Å². The Morgan fingerprint density at radius 1 is 1.44 bits per heavy atom. The minimum absolute atomic E-state index is 0.00796. The molecule has 18 heavy (non-hydrogen) atoms. The number of aromatic amines is 1. The van der Waals surface area contributed by atoms with Gasteiger partial charge >= 0.3 is 0 Å². The van der Waals surface area contributed by atoms with E-state index in [1.807, 2.05) is 0 Å². The summed E-state index contributed by atoms with van der Waals surface area (Å²) in [5.41, 5.74) is 4.68. The van der Waals surface area contributed by atoms with Gasteiger partial charge in [0.25, 0.3) is 11.6 Å². The molecule has 1 aromatic carbocycles. The number of carbonyl (C=O) groups is 1. The molecule has 0 saturated heterocycles. The van der Waals surface area contributed by atoms with Gasteiger partial charge in [-0.05, 0) is 6.07 Å². The van der Waals surface area contributed by atoms with E-state index in [0.29, 0.717) is 0 Å². The Morgan fingerprint density at radius 2 is 2.11 bits per heavy atom. The van der Waals surface area contributed by atoms with Crippen LogP contribution in [-0.4, -0.2) is 25.9 Å². The third-order valence-corrected chi connectivity index (χ3v) is 2.29. The fourth-order valence-corrected chi connectivity index (χ4v) is 1.50. The third-order valence-electron chi connectivity index (χ3n) is 2.29. The van der Waals surface area contributed by atoms with Crippen molar-refractivity contribution < 1.29 is 14.8 Å². The number of nitro groups is 1. The third kappa shape index (κ3) is 1.86. The van der Waals surface area contributed by atoms with Gasteiger partial charge in [0.05, 0.1) is 10.5 Å². The number of hydrogen-bond acceptors (Lipinski definition) is 5. The van der Waals surface area contributed by atoms with Crippen molar-refractivity contribution in [2.24, 2.45) is 5.73 Å². The van der Waals surface area contributed by atoms with Crippen LogP contribution in [0.4, 0.5) is 5.69 Å². The number of imidazole rings is 1. The van der Waals surface area contributed by atoms with Crippen LogP contribution in [0.5, 0.6) is 5.88 Å². The molecular formula is C10H8N4O4. The molecule has 0 fully saturated rings. The second-order valence-corrected chi connectivity index (χ2v) is 3.42. The van der Waals surface area contributed by atoms with E-state index in [1.165, 1.54) is 18.2 Å². The summed E-state index contributed by atoms with van der Waals surface area (Å²) in [5, 5.41) is 20.2. The van der Waals surface area contributed by atoms with Gasteiger partial charge in [0.1, 0.15) is 5.82 Å². The molecule has 0 aliphatic heterocycles. The van der Waals surface area contributed by atoms with Gasteiger partial charge in [0.2, 0.25) is 5.88 Å². The Morgan fingerprint density at radius 3 is 2.67 bits per heavy atom. The zero-order valence-electron chi connectivity index (χ0n) is 8.95. The van der Waals surface area contributed by atoms with Crippen LogP contribution in [0.15, 0.2) is 24.3 Å². The first kappa shape index (κ1) is 11.6. The lowest BCUT2D eigenvalue weighted by Crippen LogP contribution is -2.11. The van der Waals surface area contributed by atoms with Crippen molar-refractivity contribution in [3.63, 3.8) is 0 Å². The Hall–Kier alpha value is -2.90. The summed E-state index contributed by atoms with van der Waals surface area (Å²) < 4.78 is 0. The number of benzene rings is 1. The summed E-state index contributed by atoms with van der Waals surface area (Å²) >= 11 is 0. The van der Waals surface area contributed by atoms with E-state index in [0.717, 1.165) is 0 Å². The molecule has 0 unspecified atom stereocenters. The summed E-state index contributed by atoms with van der Waals surface area (Å²) in [6, 6.07) is 5.81. The van der Waals surface area contributed by atoms with E-state index in [4.69, 9.17) is 5.73 Å². The van der Waals surface area contributed by atoms with Gasteiger partial charge in [0, 0.05) is 6.07 Å². The highest BCUT2D eigenvalue weighted by molar-refractivity contribution is 5.94. The molecule has 0 spiro atoms. The molecule has 1 amide bonds. The van der Waals surface area contributed by atoms with E-state index in [-0.39, 0.29) is 22.8 Å². The average molecular weight is 248 g/mol. The maximum atomic E-state index is 10.9. The Bertz CT molecular complexity index is 635. The lowest BCUT2D eigenvalue weighted by molar-refractivity contribution is -0.384. The van der Waals surface area contributed by atoms with Crippen LogP contribution in [0.2, 0.25) is 0 Å². The molecule has 0 aliphatic carbocycles. The van der Waals surface area contributed by atoms with Crippen molar-refractivity contribution in [3.05, 3.63) is 40.1 Å². The fraction of sp³-hybridized carbons (Fsp3) is 0. The van der Waals surface area contributed by atoms with Gasteiger partial charge in [-0.1, -0.05) is 12.1 Å². The van der Waals surface area contributed by atoms with E-state index in [1.54, 1.807) is 6.07 Å². The molecule has 0 atom stereocenters. The lowest BCUT2D eigenvalue weighted by Gasteiger charge is -1.98. The number of nitrogens with two attached hydrogens (primary N) is 1. The lowest BCUT2D eigenvalue weighted by atomic mass is 10.2. The van der Waals surface area contributed by atoms with Crippen molar-refractivity contribution >= 4 is 11.6 Å². The van der Waals surface area contributed by atoms with Gasteiger partial charge in [-0.3, -0.25) is 14.9 Å². The van der Waals surface area contributed by atoms with Crippen LogP contribution >= 0.6 is 0 Å². The molecule has 1 aromatic heterocycles. The first-order chi connectivity index (χ1) is 8.50. The SMILES string of the molecule is NC(=O)c1[nH]c(-c2ccccc2[N+](=O)[O-])nc1O. The average Bonchev–Trinajstić information content (AvgIpc) is 2.71. The molecular weight excluding hydrogens is 240 g/mol. The zero-order chi connectivity index (χ0) is 13.3. The number of nitrogens with one attached hydrogen (secondary N) is 1. The quantitative estimate of drug-likeness (QED) is 0.545. The second kappa shape index (κ2) is 4.17. The summed E-state index contributed by atoms with van der Waals surface area (Å²) in [7, 11) is 0. The summed E-state index contributed by atoms with van der Waals surface area (Å²) in [6.07, 6.45) is 0. The molecule has 2 rings (SSSR count).